The fraction of sp³-hybridized carbons (Fsp3) is 0.250. The summed E-state index contributed by atoms with van der Waals surface area (Å²) in [6.45, 7) is 1.61. The molecule has 14 heavy (non-hydrogen) atoms. The quantitative estimate of drug-likeness (QED) is 0.568. The number of halogens is 5. The van der Waals surface area contributed by atoms with Gasteiger partial charge in [0.2, 0.25) is 0 Å². The Morgan fingerprint density at radius 1 is 1.00 bits per heavy atom. The van der Waals surface area contributed by atoms with Crippen molar-refractivity contribution in [2.75, 3.05) is 6.61 Å². The van der Waals surface area contributed by atoms with E-state index in [1.165, 1.54) is 0 Å². The number of hydrogen-bond acceptors (Lipinski definition) is 1. The normalized spacial score (nSPS) is 10.4. The Bertz CT molecular complexity index is 339. The smallest absolute Gasteiger partial charge is 0.188 e. The van der Waals surface area contributed by atoms with E-state index in [-0.39, 0.29) is 6.61 Å². The zero-order chi connectivity index (χ0) is 10.9. The van der Waals surface area contributed by atoms with Crippen LogP contribution in [0.5, 0.6) is 5.75 Å². The van der Waals surface area contributed by atoms with Gasteiger partial charge >= 0.3 is 0 Å². The lowest BCUT2D eigenvalue weighted by molar-refractivity contribution is 0.317. The maximum atomic E-state index is 13.1. The maximum absolute atomic E-state index is 13.1. The molecule has 0 N–H and O–H groups in total. The molecule has 0 saturated carbocycles. The average molecular weight is 245 g/mol. The molecule has 0 saturated heterocycles. The van der Waals surface area contributed by atoms with Crippen molar-refractivity contribution in [1.82, 2.24) is 0 Å². The second-order valence-corrected chi connectivity index (χ2v) is 3.09. The number of rotatable bonds is 2. The Morgan fingerprint density at radius 3 is 2.00 bits per heavy atom. The summed E-state index contributed by atoms with van der Waals surface area (Å²) in [6, 6.07) is 0. The molecule has 0 aliphatic heterocycles. The monoisotopic (exact) mass is 244 g/mol. The van der Waals surface area contributed by atoms with Gasteiger partial charge in [-0.25, -0.2) is 13.2 Å². The van der Waals surface area contributed by atoms with Gasteiger partial charge in [-0.05, 0) is 6.92 Å². The van der Waals surface area contributed by atoms with E-state index < -0.39 is 33.2 Å². The third-order valence-electron chi connectivity index (χ3n) is 1.46. The van der Waals surface area contributed by atoms with Crippen molar-refractivity contribution in [3.63, 3.8) is 0 Å². The third kappa shape index (κ3) is 1.77. The van der Waals surface area contributed by atoms with Crippen LogP contribution >= 0.6 is 23.2 Å². The Kier molecular flexibility index (Phi) is 3.50. The molecular weight excluding hydrogens is 240 g/mol. The van der Waals surface area contributed by atoms with Crippen LogP contribution in [-0.2, 0) is 0 Å². The Morgan fingerprint density at radius 2 is 1.50 bits per heavy atom. The first-order chi connectivity index (χ1) is 6.50. The molecule has 1 aromatic rings. The predicted molar refractivity (Wildman–Crippen MR) is 47.5 cm³/mol. The fourth-order valence-corrected chi connectivity index (χ4v) is 1.25. The zero-order valence-electron chi connectivity index (χ0n) is 7.01. The number of hydrogen-bond donors (Lipinski definition) is 0. The summed E-state index contributed by atoms with van der Waals surface area (Å²) < 4.78 is 43.5. The van der Waals surface area contributed by atoms with Crippen LogP contribution in [0, 0.1) is 17.5 Å². The minimum Gasteiger partial charge on any atom is -0.489 e. The first-order valence-electron chi connectivity index (χ1n) is 3.64. The van der Waals surface area contributed by atoms with Gasteiger partial charge in [-0.2, -0.15) is 0 Å². The molecule has 0 aromatic heterocycles. The predicted octanol–water partition coefficient (Wildman–Crippen LogP) is 3.81. The van der Waals surface area contributed by atoms with Gasteiger partial charge in [0.05, 0.1) is 6.61 Å². The standard InChI is InChI=1S/C8H5Cl2F3O/c1-2-14-8-4(10)6(12)5(11)3(9)7(8)13/h2H2,1H3. The lowest BCUT2D eigenvalue weighted by Gasteiger charge is -2.09. The van der Waals surface area contributed by atoms with E-state index >= 15 is 0 Å². The van der Waals surface area contributed by atoms with Crippen LogP contribution in [0.3, 0.4) is 0 Å². The number of benzene rings is 1. The van der Waals surface area contributed by atoms with E-state index in [4.69, 9.17) is 23.2 Å². The van der Waals surface area contributed by atoms with Crippen molar-refractivity contribution in [2.45, 2.75) is 6.92 Å². The summed E-state index contributed by atoms with van der Waals surface area (Å²) >= 11 is 10.5. The van der Waals surface area contributed by atoms with Crippen molar-refractivity contribution in [1.29, 1.82) is 0 Å². The largest absolute Gasteiger partial charge is 0.489 e. The number of ether oxygens (including phenoxy) is 1. The van der Waals surface area contributed by atoms with E-state index in [1.54, 1.807) is 6.92 Å². The van der Waals surface area contributed by atoms with Crippen molar-refractivity contribution >= 4 is 23.2 Å². The molecule has 0 fully saturated rings. The zero-order valence-corrected chi connectivity index (χ0v) is 8.52. The second kappa shape index (κ2) is 4.28. The van der Waals surface area contributed by atoms with Crippen LogP contribution in [0.15, 0.2) is 0 Å². The lowest BCUT2D eigenvalue weighted by atomic mass is 10.3. The highest BCUT2D eigenvalue weighted by atomic mass is 35.5. The Balaban J connectivity index is 3.43. The van der Waals surface area contributed by atoms with E-state index in [0.717, 1.165) is 0 Å². The van der Waals surface area contributed by atoms with Gasteiger partial charge in [-0.1, -0.05) is 23.2 Å². The molecule has 0 aliphatic carbocycles. The molecule has 0 amide bonds. The molecule has 1 nitrogen and oxygen atoms in total. The fourth-order valence-electron chi connectivity index (χ4n) is 0.856. The lowest BCUT2D eigenvalue weighted by Crippen LogP contribution is -2.00. The molecule has 0 unspecified atom stereocenters. The highest BCUT2D eigenvalue weighted by Gasteiger charge is 2.23. The van der Waals surface area contributed by atoms with Crippen LogP contribution in [-0.4, -0.2) is 6.61 Å². The summed E-state index contributed by atoms with van der Waals surface area (Å²) in [4.78, 5) is 0. The molecule has 0 aliphatic rings. The Labute approximate surface area is 88.4 Å². The molecular formula is C8H5Cl2F3O. The van der Waals surface area contributed by atoms with Crippen LogP contribution in [0.4, 0.5) is 13.2 Å². The summed E-state index contributed by atoms with van der Waals surface area (Å²) in [5.41, 5.74) is 0. The second-order valence-electron chi connectivity index (χ2n) is 2.33. The van der Waals surface area contributed by atoms with Gasteiger partial charge in [-0.15, -0.1) is 0 Å². The van der Waals surface area contributed by atoms with E-state index in [0.29, 0.717) is 0 Å². The van der Waals surface area contributed by atoms with Crippen molar-refractivity contribution in [3.8, 4) is 5.75 Å². The van der Waals surface area contributed by atoms with Crippen LogP contribution in [0.25, 0.3) is 0 Å². The van der Waals surface area contributed by atoms with Crippen LogP contribution in [0.2, 0.25) is 10.0 Å². The van der Waals surface area contributed by atoms with Crippen molar-refractivity contribution < 1.29 is 17.9 Å². The summed E-state index contributed by atoms with van der Waals surface area (Å²) in [5, 5.41) is -1.71. The van der Waals surface area contributed by atoms with Gasteiger partial charge in [0.1, 0.15) is 10.0 Å². The molecule has 78 valence electrons. The maximum Gasteiger partial charge on any atom is 0.188 e. The first-order valence-corrected chi connectivity index (χ1v) is 4.40. The Hall–Kier alpha value is -0.610. The van der Waals surface area contributed by atoms with Crippen molar-refractivity contribution in [2.24, 2.45) is 0 Å². The highest BCUT2D eigenvalue weighted by molar-refractivity contribution is 6.34. The average Bonchev–Trinajstić information content (AvgIpc) is 2.19. The summed E-state index contributed by atoms with van der Waals surface area (Å²) in [6.07, 6.45) is 0. The molecule has 0 spiro atoms. The van der Waals surface area contributed by atoms with Gasteiger partial charge < -0.3 is 4.74 Å². The molecule has 0 radical (unpaired) electrons. The molecule has 1 aromatic carbocycles. The van der Waals surface area contributed by atoms with Crippen LogP contribution < -0.4 is 4.74 Å². The first kappa shape index (κ1) is 11.5. The van der Waals surface area contributed by atoms with Gasteiger partial charge in [0.15, 0.2) is 23.2 Å². The molecule has 1 rings (SSSR count). The molecule has 0 bridgehead atoms. The molecule has 0 atom stereocenters. The summed E-state index contributed by atoms with van der Waals surface area (Å²) in [5.74, 6) is -4.70. The molecule has 0 heterocycles. The third-order valence-corrected chi connectivity index (χ3v) is 2.13. The van der Waals surface area contributed by atoms with Crippen LogP contribution in [0.1, 0.15) is 6.92 Å². The molecule has 6 heteroatoms. The van der Waals surface area contributed by atoms with Gasteiger partial charge in [-0.3, -0.25) is 0 Å². The summed E-state index contributed by atoms with van der Waals surface area (Å²) in [7, 11) is 0. The highest BCUT2D eigenvalue weighted by Crippen LogP contribution is 2.37. The van der Waals surface area contributed by atoms with E-state index in [9.17, 15) is 13.2 Å². The van der Waals surface area contributed by atoms with Gasteiger partial charge in [0, 0.05) is 0 Å². The van der Waals surface area contributed by atoms with E-state index in [1.807, 2.05) is 0 Å². The minimum atomic E-state index is -1.52. The van der Waals surface area contributed by atoms with E-state index in [2.05, 4.69) is 4.74 Å². The van der Waals surface area contributed by atoms with Crippen molar-refractivity contribution in [3.05, 3.63) is 27.5 Å². The SMILES string of the molecule is CCOc1c(F)c(Cl)c(F)c(F)c1Cl. The topological polar surface area (TPSA) is 9.23 Å². The van der Waals surface area contributed by atoms with Gasteiger partial charge in [0.25, 0.3) is 0 Å². The minimum absolute atomic E-state index is 0.0675.